The van der Waals surface area contributed by atoms with Gasteiger partial charge in [0.25, 0.3) is 0 Å². The number of carbonyl (C=O) groups is 3. The van der Waals surface area contributed by atoms with Gasteiger partial charge in [0, 0.05) is 25.3 Å². The minimum absolute atomic E-state index is 0.0515. The van der Waals surface area contributed by atoms with Gasteiger partial charge < -0.3 is 14.2 Å². The van der Waals surface area contributed by atoms with Crippen molar-refractivity contribution in [1.82, 2.24) is 0 Å². The monoisotopic (exact) mass is 426 g/mol. The van der Waals surface area contributed by atoms with Crippen LogP contribution in [-0.2, 0) is 28.6 Å². The largest absolute Gasteiger partial charge is 0.466 e. The number of fused-ring (bicyclic) bond motifs is 1. The predicted molar refractivity (Wildman–Crippen MR) is 115 cm³/mol. The van der Waals surface area contributed by atoms with E-state index >= 15 is 0 Å². The van der Waals surface area contributed by atoms with E-state index in [1.165, 1.54) is 13.8 Å². The summed E-state index contributed by atoms with van der Waals surface area (Å²) in [5.41, 5.74) is 3.42. The molecule has 1 saturated heterocycles. The molecule has 1 heterocycles. The standard InChI is InChI=1S/C25H30O6/c1-14(10-9-13-29-17(4)26)20-15(2)21(19-11-7-6-8-12-19)24-22(16(3)25(28)31-24)23(20)30-18(5)27/h6-8,11-12,14,21-24H,3,9-10,13H2,1-2,4-5H3/t14-,21+,22-,23+,24+/m0/s1. The number of carbonyl (C=O) groups excluding carboxylic acids is 3. The number of hydrogen-bond acceptors (Lipinski definition) is 6. The molecule has 0 unspecified atom stereocenters. The fraction of sp³-hybridized carbons (Fsp3) is 0.480. The van der Waals surface area contributed by atoms with Crippen molar-refractivity contribution in [3.8, 4) is 0 Å². The van der Waals surface area contributed by atoms with E-state index < -0.39 is 30.1 Å². The second kappa shape index (κ2) is 9.50. The molecular formula is C25H30O6. The molecule has 0 aromatic heterocycles. The minimum atomic E-state index is -0.606. The summed E-state index contributed by atoms with van der Waals surface area (Å²) >= 11 is 0. The molecule has 6 nitrogen and oxygen atoms in total. The molecule has 2 aliphatic rings. The number of rotatable bonds is 7. The van der Waals surface area contributed by atoms with Gasteiger partial charge in [-0.25, -0.2) is 4.79 Å². The van der Waals surface area contributed by atoms with Gasteiger partial charge in [-0.1, -0.05) is 49.4 Å². The van der Waals surface area contributed by atoms with Crippen LogP contribution in [0.3, 0.4) is 0 Å². The Kier molecular flexibility index (Phi) is 6.98. The fourth-order valence-electron chi connectivity index (χ4n) is 4.93. The van der Waals surface area contributed by atoms with Gasteiger partial charge in [-0.2, -0.15) is 0 Å². The Morgan fingerprint density at radius 2 is 1.84 bits per heavy atom. The summed E-state index contributed by atoms with van der Waals surface area (Å²) < 4.78 is 16.6. The number of esters is 3. The Morgan fingerprint density at radius 1 is 1.16 bits per heavy atom. The first-order valence-electron chi connectivity index (χ1n) is 10.7. The Hall–Kier alpha value is -2.89. The van der Waals surface area contributed by atoms with Crippen LogP contribution in [-0.4, -0.2) is 36.7 Å². The van der Waals surface area contributed by atoms with Crippen LogP contribution in [0.1, 0.15) is 52.0 Å². The molecule has 6 heteroatoms. The molecule has 1 aromatic rings. The lowest BCUT2D eigenvalue weighted by Crippen LogP contribution is -2.44. The number of ether oxygens (including phenoxy) is 3. The van der Waals surface area contributed by atoms with Crippen LogP contribution in [0.25, 0.3) is 0 Å². The van der Waals surface area contributed by atoms with Gasteiger partial charge in [-0.3, -0.25) is 9.59 Å². The molecule has 3 rings (SSSR count). The number of hydrogen-bond donors (Lipinski definition) is 0. The second-order valence-corrected chi connectivity index (χ2v) is 8.36. The molecule has 1 aliphatic carbocycles. The Bertz CT molecular complexity index is 900. The lowest BCUT2D eigenvalue weighted by Gasteiger charge is -2.42. The lowest BCUT2D eigenvalue weighted by molar-refractivity contribution is -0.149. The van der Waals surface area contributed by atoms with Crippen LogP contribution in [0.5, 0.6) is 0 Å². The van der Waals surface area contributed by atoms with Crippen LogP contribution in [0.15, 0.2) is 53.6 Å². The molecule has 1 fully saturated rings. The van der Waals surface area contributed by atoms with Crippen molar-refractivity contribution in [3.05, 3.63) is 59.2 Å². The maximum atomic E-state index is 12.5. The zero-order valence-electron chi connectivity index (χ0n) is 18.6. The first-order chi connectivity index (χ1) is 14.7. The summed E-state index contributed by atoms with van der Waals surface area (Å²) in [7, 11) is 0. The SMILES string of the molecule is C=C1C(=O)O[C@H]2[C@@H]1[C@H](OC(C)=O)C([C@@H](C)CCCOC(C)=O)=C(C)[C@@H]2c1ccccc1. The van der Waals surface area contributed by atoms with Crippen LogP contribution >= 0.6 is 0 Å². The first kappa shape index (κ1) is 22.8. The van der Waals surface area contributed by atoms with Gasteiger partial charge in [-0.05, 0) is 36.8 Å². The van der Waals surface area contributed by atoms with Crippen molar-refractivity contribution in [2.24, 2.45) is 11.8 Å². The minimum Gasteiger partial charge on any atom is -0.466 e. The maximum absolute atomic E-state index is 12.5. The summed E-state index contributed by atoms with van der Waals surface area (Å²) in [4.78, 5) is 35.5. The Labute approximate surface area is 183 Å². The molecular weight excluding hydrogens is 396 g/mol. The summed E-state index contributed by atoms with van der Waals surface area (Å²) in [6, 6.07) is 9.92. The van der Waals surface area contributed by atoms with Crippen molar-refractivity contribution in [2.45, 2.75) is 58.7 Å². The molecule has 0 amide bonds. The molecule has 1 aliphatic heterocycles. The zero-order chi connectivity index (χ0) is 22.7. The van der Waals surface area contributed by atoms with Crippen molar-refractivity contribution >= 4 is 17.9 Å². The molecule has 0 bridgehead atoms. The molecule has 0 saturated carbocycles. The third kappa shape index (κ3) is 4.73. The molecule has 31 heavy (non-hydrogen) atoms. The van der Waals surface area contributed by atoms with E-state index in [9.17, 15) is 14.4 Å². The smallest absolute Gasteiger partial charge is 0.334 e. The summed E-state index contributed by atoms with van der Waals surface area (Å²) in [6.45, 7) is 11.2. The molecule has 1 aromatic carbocycles. The summed E-state index contributed by atoms with van der Waals surface area (Å²) in [5.74, 6) is -1.68. The number of benzene rings is 1. The van der Waals surface area contributed by atoms with Gasteiger partial charge in [0.05, 0.1) is 12.5 Å². The fourth-order valence-corrected chi connectivity index (χ4v) is 4.93. The van der Waals surface area contributed by atoms with Crippen molar-refractivity contribution in [1.29, 1.82) is 0 Å². The highest BCUT2D eigenvalue weighted by atomic mass is 16.6. The molecule has 0 spiro atoms. The van der Waals surface area contributed by atoms with E-state index in [1.807, 2.05) is 37.3 Å². The predicted octanol–water partition coefficient (Wildman–Crippen LogP) is 4.11. The van der Waals surface area contributed by atoms with Crippen molar-refractivity contribution in [2.75, 3.05) is 6.61 Å². The van der Waals surface area contributed by atoms with Crippen molar-refractivity contribution in [3.63, 3.8) is 0 Å². The van der Waals surface area contributed by atoms with Crippen LogP contribution in [0.2, 0.25) is 0 Å². The zero-order valence-corrected chi connectivity index (χ0v) is 18.6. The van der Waals surface area contributed by atoms with E-state index in [2.05, 4.69) is 13.5 Å². The average molecular weight is 427 g/mol. The quantitative estimate of drug-likeness (QED) is 0.215. The summed E-state index contributed by atoms with van der Waals surface area (Å²) in [6.07, 6.45) is 0.358. The van der Waals surface area contributed by atoms with Gasteiger partial charge in [0.1, 0.15) is 12.2 Å². The van der Waals surface area contributed by atoms with Crippen LogP contribution in [0, 0.1) is 11.8 Å². The van der Waals surface area contributed by atoms with E-state index in [4.69, 9.17) is 14.2 Å². The van der Waals surface area contributed by atoms with E-state index in [0.29, 0.717) is 18.6 Å². The highest BCUT2D eigenvalue weighted by Gasteiger charge is 2.54. The van der Waals surface area contributed by atoms with Gasteiger partial charge in [0.2, 0.25) is 0 Å². The molecule has 0 N–H and O–H groups in total. The topological polar surface area (TPSA) is 78.9 Å². The van der Waals surface area contributed by atoms with Crippen LogP contribution < -0.4 is 0 Å². The second-order valence-electron chi connectivity index (χ2n) is 8.36. The van der Waals surface area contributed by atoms with Crippen LogP contribution in [0.4, 0.5) is 0 Å². The lowest BCUT2D eigenvalue weighted by atomic mass is 9.66. The van der Waals surface area contributed by atoms with E-state index in [-0.39, 0.29) is 17.8 Å². The third-order valence-electron chi connectivity index (χ3n) is 6.21. The highest BCUT2D eigenvalue weighted by molar-refractivity contribution is 5.91. The Balaban J connectivity index is 2.02. The Morgan fingerprint density at radius 3 is 2.45 bits per heavy atom. The van der Waals surface area contributed by atoms with Gasteiger partial charge in [-0.15, -0.1) is 0 Å². The van der Waals surface area contributed by atoms with Gasteiger partial charge >= 0.3 is 17.9 Å². The normalized spacial score (nSPS) is 26.2. The first-order valence-corrected chi connectivity index (χ1v) is 10.7. The van der Waals surface area contributed by atoms with Crippen molar-refractivity contribution < 1.29 is 28.6 Å². The molecule has 166 valence electrons. The van der Waals surface area contributed by atoms with E-state index in [1.54, 1.807) is 0 Å². The highest BCUT2D eigenvalue weighted by Crippen LogP contribution is 2.51. The molecule has 5 atom stereocenters. The third-order valence-corrected chi connectivity index (χ3v) is 6.21. The molecule has 0 radical (unpaired) electrons. The maximum Gasteiger partial charge on any atom is 0.334 e. The summed E-state index contributed by atoms with van der Waals surface area (Å²) in [5, 5.41) is 0. The van der Waals surface area contributed by atoms with Gasteiger partial charge in [0.15, 0.2) is 0 Å². The average Bonchev–Trinajstić information content (AvgIpc) is 2.99. The van der Waals surface area contributed by atoms with E-state index in [0.717, 1.165) is 23.1 Å².